The van der Waals surface area contributed by atoms with E-state index in [1.54, 1.807) is 30.5 Å². The van der Waals surface area contributed by atoms with Gasteiger partial charge in [0, 0.05) is 6.20 Å². The molecule has 0 bridgehead atoms. The van der Waals surface area contributed by atoms with Crippen LogP contribution >= 0.6 is 0 Å². The Kier molecular flexibility index (Phi) is 4.22. The summed E-state index contributed by atoms with van der Waals surface area (Å²) < 4.78 is 18.7. The highest BCUT2D eigenvalue weighted by molar-refractivity contribution is 6.14. The third-order valence-corrected chi connectivity index (χ3v) is 5.17. The van der Waals surface area contributed by atoms with E-state index in [0.29, 0.717) is 36.4 Å². The van der Waals surface area contributed by atoms with E-state index in [0.717, 1.165) is 5.56 Å². The molecule has 1 amide bonds. The summed E-state index contributed by atoms with van der Waals surface area (Å²) in [5, 5.41) is 2.69. The number of benzene rings is 1. The van der Waals surface area contributed by atoms with Gasteiger partial charge in [0.1, 0.15) is 17.1 Å². The van der Waals surface area contributed by atoms with Crippen LogP contribution in [-0.2, 0) is 26.3 Å². The number of ether oxygens (including phenoxy) is 1. The summed E-state index contributed by atoms with van der Waals surface area (Å²) in [5.41, 5.74) is 0.814. The molecule has 1 aromatic heterocycles. The molecular weight excluding hydrogens is 349 g/mol. The van der Waals surface area contributed by atoms with Crippen molar-refractivity contribution in [2.24, 2.45) is 10.9 Å². The molecule has 7 heteroatoms. The Labute approximate surface area is 155 Å². The van der Waals surface area contributed by atoms with Crippen LogP contribution in [-0.4, -0.2) is 29.8 Å². The summed E-state index contributed by atoms with van der Waals surface area (Å²) in [7, 11) is 1.25. The van der Waals surface area contributed by atoms with Gasteiger partial charge in [-0.15, -0.1) is 0 Å². The molecule has 2 heterocycles. The van der Waals surface area contributed by atoms with Gasteiger partial charge in [0.2, 0.25) is 5.91 Å². The number of carbonyl (C=O) groups excluding carboxylic acids is 2. The number of aliphatic imine (C=N–C) groups is 1. The SMILES string of the molecule is COC(=O)C1C(=O)NC(c2ccccn2)=NC12CCCc1cc(F)ccc12. The fourth-order valence-corrected chi connectivity index (χ4v) is 4.03. The monoisotopic (exact) mass is 367 g/mol. The predicted octanol–water partition coefficient (Wildman–Crippen LogP) is 2.12. The normalized spacial score (nSPS) is 24.0. The van der Waals surface area contributed by atoms with Gasteiger partial charge in [-0.3, -0.25) is 19.6 Å². The Hall–Kier alpha value is -3.09. The molecule has 1 spiro atoms. The Morgan fingerprint density at radius 3 is 2.93 bits per heavy atom. The van der Waals surface area contributed by atoms with Gasteiger partial charge < -0.3 is 10.1 Å². The molecule has 0 fully saturated rings. The Morgan fingerprint density at radius 2 is 2.19 bits per heavy atom. The van der Waals surface area contributed by atoms with Crippen LogP contribution in [0.15, 0.2) is 47.6 Å². The molecule has 2 unspecified atom stereocenters. The zero-order valence-corrected chi connectivity index (χ0v) is 14.7. The van der Waals surface area contributed by atoms with Crippen LogP contribution in [0.5, 0.6) is 0 Å². The number of pyridine rings is 1. The second-order valence-electron chi connectivity index (χ2n) is 6.70. The van der Waals surface area contributed by atoms with Gasteiger partial charge in [0.05, 0.1) is 7.11 Å². The number of aryl methyl sites for hydroxylation is 1. The average Bonchev–Trinajstić information content (AvgIpc) is 2.68. The first-order valence-electron chi connectivity index (χ1n) is 8.74. The second kappa shape index (κ2) is 6.57. The number of aromatic nitrogens is 1. The molecule has 0 radical (unpaired) electrons. The van der Waals surface area contributed by atoms with E-state index in [9.17, 15) is 14.0 Å². The van der Waals surface area contributed by atoms with Crippen molar-refractivity contribution in [1.82, 2.24) is 10.3 Å². The van der Waals surface area contributed by atoms with Gasteiger partial charge in [0.25, 0.3) is 0 Å². The maximum absolute atomic E-state index is 13.8. The Morgan fingerprint density at radius 1 is 1.33 bits per heavy atom. The molecule has 4 rings (SSSR count). The van der Waals surface area contributed by atoms with E-state index in [4.69, 9.17) is 9.73 Å². The predicted molar refractivity (Wildman–Crippen MR) is 95.4 cm³/mol. The lowest BCUT2D eigenvalue weighted by atomic mass is 9.68. The maximum atomic E-state index is 13.8. The molecule has 2 aliphatic rings. The topological polar surface area (TPSA) is 80.7 Å². The van der Waals surface area contributed by atoms with Crippen molar-refractivity contribution in [1.29, 1.82) is 0 Å². The van der Waals surface area contributed by atoms with E-state index in [2.05, 4.69) is 10.3 Å². The first-order chi connectivity index (χ1) is 13.0. The molecule has 2 atom stereocenters. The van der Waals surface area contributed by atoms with E-state index < -0.39 is 23.3 Å². The molecule has 138 valence electrons. The number of halogens is 1. The van der Waals surface area contributed by atoms with Crippen molar-refractivity contribution in [3.05, 3.63) is 65.2 Å². The largest absolute Gasteiger partial charge is 0.468 e. The molecule has 1 aliphatic heterocycles. The Bertz CT molecular complexity index is 945. The van der Waals surface area contributed by atoms with Gasteiger partial charge in [0.15, 0.2) is 11.8 Å². The molecule has 0 saturated carbocycles. The molecule has 6 nitrogen and oxygen atoms in total. The first kappa shape index (κ1) is 17.3. The van der Waals surface area contributed by atoms with Crippen LogP contribution in [0.25, 0.3) is 0 Å². The number of hydrogen-bond donors (Lipinski definition) is 1. The number of fused-ring (bicyclic) bond motifs is 2. The van der Waals surface area contributed by atoms with Crippen LogP contribution in [0.3, 0.4) is 0 Å². The summed E-state index contributed by atoms with van der Waals surface area (Å²) in [5.74, 6) is -2.34. The van der Waals surface area contributed by atoms with Crippen molar-refractivity contribution in [2.45, 2.75) is 24.8 Å². The Balaban J connectivity index is 1.96. The van der Waals surface area contributed by atoms with Gasteiger partial charge in [-0.05, 0) is 54.7 Å². The van der Waals surface area contributed by atoms with Gasteiger partial charge in [-0.1, -0.05) is 12.1 Å². The highest BCUT2D eigenvalue weighted by Crippen LogP contribution is 2.46. The number of amidine groups is 1. The number of carbonyl (C=O) groups is 2. The third kappa shape index (κ3) is 2.79. The van der Waals surface area contributed by atoms with Crippen LogP contribution in [0, 0.1) is 11.7 Å². The number of hydrogen-bond acceptors (Lipinski definition) is 5. The molecule has 1 aliphatic carbocycles. The molecule has 0 saturated heterocycles. The van der Waals surface area contributed by atoms with Crippen LogP contribution in [0.1, 0.15) is 29.7 Å². The molecule has 1 aromatic carbocycles. The van der Waals surface area contributed by atoms with Crippen molar-refractivity contribution < 1.29 is 18.7 Å². The molecular formula is C20H18FN3O3. The van der Waals surface area contributed by atoms with Gasteiger partial charge in [-0.2, -0.15) is 0 Å². The summed E-state index contributed by atoms with van der Waals surface area (Å²) in [6.45, 7) is 0. The maximum Gasteiger partial charge on any atom is 0.321 e. The number of methoxy groups -OCH3 is 1. The van der Waals surface area contributed by atoms with Crippen LogP contribution in [0.4, 0.5) is 4.39 Å². The van der Waals surface area contributed by atoms with Crippen molar-refractivity contribution >= 4 is 17.7 Å². The lowest BCUT2D eigenvalue weighted by molar-refractivity contribution is -0.153. The van der Waals surface area contributed by atoms with Crippen molar-refractivity contribution in [2.75, 3.05) is 7.11 Å². The summed E-state index contributed by atoms with van der Waals surface area (Å²) in [4.78, 5) is 34.5. The summed E-state index contributed by atoms with van der Waals surface area (Å²) in [6, 6.07) is 9.70. The minimum absolute atomic E-state index is 0.304. The van der Waals surface area contributed by atoms with E-state index in [1.807, 2.05) is 0 Å². The first-order valence-corrected chi connectivity index (χ1v) is 8.74. The summed E-state index contributed by atoms with van der Waals surface area (Å²) in [6.07, 6.45) is 3.43. The highest BCUT2D eigenvalue weighted by Gasteiger charge is 2.54. The van der Waals surface area contributed by atoms with Gasteiger partial charge >= 0.3 is 5.97 Å². The smallest absolute Gasteiger partial charge is 0.321 e. The molecule has 27 heavy (non-hydrogen) atoms. The number of nitrogens with one attached hydrogen (secondary N) is 1. The zero-order chi connectivity index (χ0) is 19.0. The van der Waals surface area contributed by atoms with Crippen LogP contribution in [0.2, 0.25) is 0 Å². The quantitative estimate of drug-likeness (QED) is 0.651. The van der Waals surface area contributed by atoms with E-state index >= 15 is 0 Å². The van der Waals surface area contributed by atoms with E-state index in [-0.39, 0.29) is 5.82 Å². The minimum atomic E-state index is -1.14. The van der Waals surface area contributed by atoms with Gasteiger partial charge in [-0.25, -0.2) is 4.39 Å². The average molecular weight is 367 g/mol. The number of amides is 1. The van der Waals surface area contributed by atoms with Crippen LogP contribution < -0.4 is 5.32 Å². The number of esters is 1. The zero-order valence-electron chi connectivity index (χ0n) is 14.7. The van der Waals surface area contributed by atoms with E-state index in [1.165, 1.54) is 19.2 Å². The minimum Gasteiger partial charge on any atom is -0.468 e. The highest BCUT2D eigenvalue weighted by atomic mass is 19.1. The fourth-order valence-electron chi connectivity index (χ4n) is 4.03. The number of rotatable bonds is 2. The third-order valence-electron chi connectivity index (χ3n) is 5.17. The lowest BCUT2D eigenvalue weighted by Gasteiger charge is -2.42. The number of nitrogens with zero attached hydrogens (tertiary/aromatic N) is 2. The van der Waals surface area contributed by atoms with Crippen molar-refractivity contribution in [3.63, 3.8) is 0 Å². The lowest BCUT2D eigenvalue weighted by Crippen LogP contribution is -2.56. The molecule has 2 aromatic rings. The standard InChI is InChI=1S/C20H18FN3O3/c1-27-19(26)16-18(25)23-17(15-6-2-3-10-22-15)24-20(16)9-4-5-12-11-13(21)7-8-14(12)20/h2-3,6-8,10-11,16H,4-5,9H2,1H3,(H,23,24,25). The van der Waals surface area contributed by atoms with Crippen molar-refractivity contribution in [3.8, 4) is 0 Å². The molecule has 1 N–H and O–H groups in total. The summed E-state index contributed by atoms with van der Waals surface area (Å²) >= 11 is 0. The second-order valence-corrected chi connectivity index (χ2v) is 6.70. The fraction of sp³-hybridized carbons (Fsp3) is 0.300.